The van der Waals surface area contributed by atoms with Crippen molar-refractivity contribution in [2.75, 3.05) is 37.7 Å². The zero-order chi connectivity index (χ0) is 14.8. The highest BCUT2D eigenvalue weighted by Crippen LogP contribution is 2.35. The molecule has 1 aromatic heterocycles. The summed E-state index contributed by atoms with van der Waals surface area (Å²) in [5.74, 6) is 1.11. The first-order chi connectivity index (χ1) is 10.2. The zero-order valence-electron chi connectivity index (χ0n) is 13.5. The third kappa shape index (κ3) is 3.06. The molecule has 1 aromatic rings. The van der Waals surface area contributed by atoms with Gasteiger partial charge < -0.3 is 9.64 Å². The van der Waals surface area contributed by atoms with E-state index >= 15 is 0 Å². The number of hydrogen-bond acceptors (Lipinski definition) is 4. The van der Waals surface area contributed by atoms with Gasteiger partial charge in [-0.2, -0.15) is 0 Å². The van der Waals surface area contributed by atoms with E-state index in [0.717, 1.165) is 32.1 Å². The molecule has 116 valence electrons. The molecule has 0 radical (unpaired) electrons. The topological polar surface area (TPSA) is 28.6 Å². The van der Waals surface area contributed by atoms with Crippen LogP contribution in [0.1, 0.15) is 44.0 Å². The highest BCUT2D eigenvalue weighted by molar-refractivity contribution is 5.43. The number of aryl methyl sites for hydroxylation is 1. The van der Waals surface area contributed by atoms with Crippen molar-refractivity contribution in [1.82, 2.24) is 9.88 Å². The Bertz CT molecular complexity index is 483. The number of pyridine rings is 1. The number of aromatic nitrogens is 1. The van der Waals surface area contributed by atoms with Crippen LogP contribution in [0.3, 0.4) is 0 Å². The van der Waals surface area contributed by atoms with Crippen LogP contribution in [0.2, 0.25) is 0 Å². The molecule has 3 rings (SSSR count). The molecule has 2 fully saturated rings. The maximum Gasteiger partial charge on any atom is 0.128 e. The van der Waals surface area contributed by atoms with E-state index < -0.39 is 0 Å². The predicted octanol–water partition coefficient (Wildman–Crippen LogP) is 2.77. The van der Waals surface area contributed by atoms with E-state index in [1.807, 2.05) is 0 Å². The molecule has 0 aliphatic carbocycles. The van der Waals surface area contributed by atoms with Crippen LogP contribution in [-0.2, 0) is 4.74 Å². The van der Waals surface area contributed by atoms with E-state index in [0.29, 0.717) is 12.1 Å². The van der Waals surface area contributed by atoms with Gasteiger partial charge in [0.15, 0.2) is 0 Å². The molecule has 21 heavy (non-hydrogen) atoms. The summed E-state index contributed by atoms with van der Waals surface area (Å²) in [6.07, 6.45) is 2.56. The van der Waals surface area contributed by atoms with Crippen LogP contribution in [0.4, 0.5) is 5.82 Å². The van der Waals surface area contributed by atoms with E-state index in [-0.39, 0.29) is 0 Å². The fourth-order valence-corrected chi connectivity index (χ4v) is 3.62. The van der Waals surface area contributed by atoms with Crippen molar-refractivity contribution >= 4 is 5.82 Å². The van der Waals surface area contributed by atoms with E-state index in [1.54, 1.807) is 0 Å². The molecular formula is C17H27N3O. The number of likely N-dealkylation sites (tertiary alicyclic amines) is 1. The molecule has 0 aromatic carbocycles. The second-order valence-electron chi connectivity index (χ2n) is 6.43. The molecule has 0 N–H and O–H groups in total. The SMILES string of the molecule is Cc1nc(N2CCOCC2)ccc1[C@@H]1CCCN1C(C)C. The lowest BCUT2D eigenvalue weighted by atomic mass is 10.0. The van der Waals surface area contributed by atoms with Gasteiger partial charge in [0, 0.05) is 30.9 Å². The number of morpholine rings is 1. The minimum Gasteiger partial charge on any atom is -0.378 e. The lowest BCUT2D eigenvalue weighted by Gasteiger charge is -2.31. The lowest BCUT2D eigenvalue weighted by molar-refractivity contribution is 0.122. The van der Waals surface area contributed by atoms with Crippen LogP contribution < -0.4 is 4.90 Å². The summed E-state index contributed by atoms with van der Waals surface area (Å²) in [5.41, 5.74) is 2.61. The second-order valence-corrected chi connectivity index (χ2v) is 6.43. The molecule has 2 aliphatic rings. The standard InChI is InChI=1S/C17H27N3O/c1-13(2)20-8-4-5-16(20)15-6-7-17(18-14(15)3)19-9-11-21-12-10-19/h6-7,13,16H,4-5,8-12H2,1-3H3/t16-/m0/s1. The summed E-state index contributed by atoms with van der Waals surface area (Å²) >= 11 is 0. The van der Waals surface area contributed by atoms with E-state index in [4.69, 9.17) is 9.72 Å². The summed E-state index contributed by atoms with van der Waals surface area (Å²) in [5, 5.41) is 0. The molecule has 0 amide bonds. The van der Waals surface area contributed by atoms with Crippen LogP contribution in [0.25, 0.3) is 0 Å². The van der Waals surface area contributed by atoms with Crippen molar-refractivity contribution in [1.29, 1.82) is 0 Å². The molecule has 1 atom stereocenters. The van der Waals surface area contributed by atoms with Crippen LogP contribution >= 0.6 is 0 Å². The summed E-state index contributed by atoms with van der Waals surface area (Å²) in [7, 11) is 0. The molecule has 0 bridgehead atoms. The molecular weight excluding hydrogens is 262 g/mol. The molecule has 0 spiro atoms. The van der Waals surface area contributed by atoms with Gasteiger partial charge in [-0.3, -0.25) is 4.90 Å². The minimum atomic E-state index is 0.552. The Balaban J connectivity index is 1.80. The molecule has 2 aliphatic heterocycles. The summed E-state index contributed by atoms with van der Waals surface area (Å²) in [4.78, 5) is 9.82. The Morgan fingerprint density at radius 1 is 1.19 bits per heavy atom. The smallest absolute Gasteiger partial charge is 0.128 e. The van der Waals surface area contributed by atoms with Gasteiger partial charge in [0.05, 0.1) is 13.2 Å². The fourth-order valence-electron chi connectivity index (χ4n) is 3.62. The summed E-state index contributed by atoms with van der Waals surface area (Å²) in [6.45, 7) is 11.5. The second kappa shape index (κ2) is 6.32. The van der Waals surface area contributed by atoms with E-state index in [9.17, 15) is 0 Å². The van der Waals surface area contributed by atoms with Crippen molar-refractivity contribution < 1.29 is 4.74 Å². The third-order valence-electron chi connectivity index (χ3n) is 4.76. The monoisotopic (exact) mass is 289 g/mol. The largest absolute Gasteiger partial charge is 0.378 e. The Kier molecular flexibility index (Phi) is 4.45. The minimum absolute atomic E-state index is 0.552. The van der Waals surface area contributed by atoms with Gasteiger partial charge in [-0.25, -0.2) is 4.98 Å². The summed E-state index contributed by atoms with van der Waals surface area (Å²) < 4.78 is 5.42. The number of rotatable bonds is 3. The zero-order valence-corrected chi connectivity index (χ0v) is 13.5. The van der Waals surface area contributed by atoms with Gasteiger partial charge in [0.25, 0.3) is 0 Å². The fraction of sp³-hybridized carbons (Fsp3) is 0.706. The highest BCUT2D eigenvalue weighted by atomic mass is 16.5. The number of hydrogen-bond donors (Lipinski definition) is 0. The number of nitrogens with zero attached hydrogens (tertiary/aromatic N) is 3. The molecule has 0 saturated carbocycles. The maximum absolute atomic E-state index is 5.42. The van der Waals surface area contributed by atoms with Crippen LogP contribution in [0.15, 0.2) is 12.1 Å². The average Bonchev–Trinajstić information content (AvgIpc) is 2.97. The van der Waals surface area contributed by atoms with Gasteiger partial charge in [0.1, 0.15) is 5.82 Å². The summed E-state index contributed by atoms with van der Waals surface area (Å²) in [6, 6.07) is 5.66. The Hall–Kier alpha value is -1.13. The Labute approximate surface area is 128 Å². The first-order valence-corrected chi connectivity index (χ1v) is 8.23. The Morgan fingerprint density at radius 2 is 1.95 bits per heavy atom. The van der Waals surface area contributed by atoms with Gasteiger partial charge in [-0.15, -0.1) is 0 Å². The van der Waals surface area contributed by atoms with Gasteiger partial charge >= 0.3 is 0 Å². The average molecular weight is 289 g/mol. The van der Waals surface area contributed by atoms with Crippen molar-refractivity contribution in [3.8, 4) is 0 Å². The Morgan fingerprint density at radius 3 is 2.62 bits per heavy atom. The van der Waals surface area contributed by atoms with Crippen molar-refractivity contribution in [2.24, 2.45) is 0 Å². The van der Waals surface area contributed by atoms with Crippen LogP contribution in [0, 0.1) is 6.92 Å². The molecule has 2 saturated heterocycles. The molecule has 4 heteroatoms. The van der Waals surface area contributed by atoms with Crippen molar-refractivity contribution in [3.63, 3.8) is 0 Å². The normalized spacial score (nSPS) is 24.0. The highest BCUT2D eigenvalue weighted by Gasteiger charge is 2.29. The number of ether oxygens (including phenoxy) is 1. The predicted molar refractivity (Wildman–Crippen MR) is 85.8 cm³/mol. The first-order valence-electron chi connectivity index (χ1n) is 8.23. The van der Waals surface area contributed by atoms with Crippen molar-refractivity contribution in [3.05, 3.63) is 23.4 Å². The van der Waals surface area contributed by atoms with Crippen LogP contribution in [0.5, 0.6) is 0 Å². The quantitative estimate of drug-likeness (QED) is 0.855. The first kappa shape index (κ1) is 14.8. The van der Waals surface area contributed by atoms with Crippen molar-refractivity contribution in [2.45, 2.75) is 45.7 Å². The van der Waals surface area contributed by atoms with Gasteiger partial charge in [0.2, 0.25) is 0 Å². The third-order valence-corrected chi connectivity index (χ3v) is 4.76. The van der Waals surface area contributed by atoms with Crippen LogP contribution in [-0.4, -0.2) is 48.8 Å². The van der Waals surface area contributed by atoms with Gasteiger partial charge in [-0.05, 0) is 51.8 Å². The lowest BCUT2D eigenvalue weighted by Crippen LogP contribution is -2.37. The molecule has 4 nitrogen and oxygen atoms in total. The van der Waals surface area contributed by atoms with E-state index in [1.165, 1.54) is 30.6 Å². The maximum atomic E-state index is 5.42. The van der Waals surface area contributed by atoms with Gasteiger partial charge in [-0.1, -0.05) is 6.07 Å². The number of anilines is 1. The molecule has 3 heterocycles. The van der Waals surface area contributed by atoms with E-state index in [2.05, 4.69) is 42.7 Å². The molecule has 0 unspecified atom stereocenters.